The van der Waals surface area contributed by atoms with Crippen molar-refractivity contribution in [1.29, 1.82) is 0 Å². The minimum Gasteiger partial charge on any atom is -0.457 e. The smallest absolute Gasteiger partial charge is 0.338 e. The summed E-state index contributed by atoms with van der Waals surface area (Å²) in [6, 6.07) is 19.7. The lowest BCUT2D eigenvalue weighted by atomic mass is 10.2. The van der Waals surface area contributed by atoms with Gasteiger partial charge >= 0.3 is 5.97 Å². The van der Waals surface area contributed by atoms with Crippen LogP contribution >= 0.6 is 23.2 Å². The first-order valence-corrected chi connectivity index (χ1v) is 10.8. The highest BCUT2D eigenvalue weighted by Gasteiger charge is 2.17. The van der Waals surface area contributed by atoms with Gasteiger partial charge in [-0.2, -0.15) is 0 Å². The predicted octanol–water partition coefficient (Wildman–Crippen LogP) is 4.83. The average molecular weight is 450 g/mol. The molecule has 0 atom stereocenters. The molecule has 0 saturated carbocycles. The van der Waals surface area contributed by atoms with Crippen LogP contribution in [0.3, 0.4) is 0 Å². The molecule has 0 bridgehead atoms. The maximum Gasteiger partial charge on any atom is 0.338 e. The Morgan fingerprint density at radius 1 is 0.897 bits per heavy atom. The highest BCUT2D eigenvalue weighted by atomic mass is 35.5. The minimum atomic E-state index is -3.80. The highest BCUT2D eigenvalue weighted by Crippen LogP contribution is 2.25. The fourth-order valence-corrected chi connectivity index (χ4v) is 4.11. The second-order valence-corrected chi connectivity index (χ2v) is 8.70. The lowest BCUT2D eigenvalue weighted by Gasteiger charge is -2.10. The zero-order chi connectivity index (χ0) is 20.9. The number of hydrogen-bond acceptors (Lipinski definition) is 4. The number of carbonyl (C=O) groups excluding carboxylic acids is 1. The van der Waals surface area contributed by atoms with Crippen molar-refractivity contribution in [1.82, 2.24) is 4.72 Å². The summed E-state index contributed by atoms with van der Waals surface area (Å²) in [5.74, 6) is -0.680. The molecule has 150 valence electrons. The minimum absolute atomic E-state index is 0.0290. The summed E-state index contributed by atoms with van der Waals surface area (Å²) in [6.45, 7) is 0.0173. The van der Waals surface area contributed by atoms with Crippen LogP contribution in [0.2, 0.25) is 10.0 Å². The van der Waals surface area contributed by atoms with Crippen molar-refractivity contribution in [3.8, 4) is 0 Å². The second kappa shape index (κ2) is 9.41. The van der Waals surface area contributed by atoms with Crippen LogP contribution in [0.1, 0.15) is 21.5 Å². The fraction of sp³-hybridized carbons (Fsp3) is 0.0952. The third-order valence-electron chi connectivity index (χ3n) is 4.10. The summed E-state index contributed by atoms with van der Waals surface area (Å²) >= 11 is 12.1. The maximum atomic E-state index is 12.6. The van der Waals surface area contributed by atoms with E-state index in [-0.39, 0.29) is 23.6 Å². The Morgan fingerprint density at radius 2 is 1.55 bits per heavy atom. The number of rotatable bonds is 7. The molecular formula is C21H17Cl2NO4S. The topological polar surface area (TPSA) is 72.5 Å². The van der Waals surface area contributed by atoms with Crippen LogP contribution in [0, 0.1) is 0 Å². The normalized spacial score (nSPS) is 11.2. The molecule has 8 heteroatoms. The van der Waals surface area contributed by atoms with Gasteiger partial charge in [-0.25, -0.2) is 17.9 Å². The van der Waals surface area contributed by atoms with Gasteiger partial charge in [0.1, 0.15) is 6.61 Å². The Kier molecular flexibility index (Phi) is 6.92. The first-order chi connectivity index (χ1) is 13.9. The summed E-state index contributed by atoms with van der Waals surface area (Å²) in [5, 5.41) is 0.762. The second-order valence-electron chi connectivity index (χ2n) is 6.11. The van der Waals surface area contributed by atoms with Crippen LogP contribution in [-0.4, -0.2) is 14.4 Å². The summed E-state index contributed by atoms with van der Waals surface area (Å²) in [5.41, 5.74) is 1.41. The molecular weight excluding hydrogens is 433 g/mol. The van der Waals surface area contributed by atoms with E-state index in [9.17, 15) is 13.2 Å². The van der Waals surface area contributed by atoms with Gasteiger partial charge < -0.3 is 4.74 Å². The third-order valence-corrected chi connectivity index (χ3v) is 6.21. The van der Waals surface area contributed by atoms with Crippen LogP contribution in [0.25, 0.3) is 0 Å². The van der Waals surface area contributed by atoms with Crippen LogP contribution in [-0.2, 0) is 27.9 Å². The van der Waals surface area contributed by atoms with Crippen molar-refractivity contribution in [3.63, 3.8) is 0 Å². The molecule has 3 aromatic rings. The summed E-state index contributed by atoms with van der Waals surface area (Å²) in [4.78, 5) is 12.3. The number of sulfonamides is 1. The van der Waals surface area contributed by atoms with E-state index in [1.54, 1.807) is 18.2 Å². The van der Waals surface area contributed by atoms with Gasteiger partial charge in [-0.3, -0.25) is 0 Å². The van der Waals surface area contributed by atoms with E-state index in [0.717, 1.165) is 5.56 Å². The van der Waals surface area contributed by atoms with Crippen molar-refractivity contribution in [3.05, 3.63) is 99.5 Å². The first-order valence-electron chi connectivity index (χ1n) is 8.60. The van der Waals surface area contributed by atoms with E-state index in [0.29, 0.717) is 15.6 Å². The van der Waals surface area contributed by atoms with Gasteiger partial charge in [-0.05, 0) is 35.9 Å². The molecule has 0 aliphatic carbocycles. The lowest BCUT2D eigenvalue weighted by Crippen LogP contribution is -2.23. The van der Waals surface area contributed by atoms with E-state index >= 15 is 0 Å². The Bertz CT molecular complexity index is 1100. The monoisotopic (exact) mass is 449 g/mol. The van der Waals surface area contributed by atoms with E-state index in [4.69, 9.17) is 27.9 Å². The first kappa shape index (κ1) is 21.3. The largest absolute Gasteiger partial charge is 0.457 e. The Balaban J connectivity index is 1.70. The number of nitrogens with one attached hydrogen (secondary N) is 1. The third kappa shape index (κ3) is 5.58. The Hall–Kier alpha value is -2.38. The number of carbonyl (C=O) groups is 1. The van der Waals surface area contributed by atoms with Gasteiger partial charge in [0.2, 0.25) is 10.0 Å². The van der Waals surface area contributed by atoms with Gasteiger partial charge in [-0.1, -0.05) is 65.7 Å². The number of halogens is 2. The Morgan fingerprint density at radius 3 is 2.24 bits per heavy atom. The molecule has 29 heavy (non-hydrogen) atoms. The number of benzene rings is 3. The quantitative estimate of drug-likeness (QED) is 0.524. The summed E-state index contributed by atoms with van der Waals surface area (Å²) in [6.07, 6.45) is 0. The molecule has 0 unspecified atom stereocenters. The summed E-state index contributed by atoms with van der Waals surface area (Å²) in [7, 11) is -3.80. The molecule has 0 saturated heterocycles. The van der Waals surface area contributed by atoms with Crippen LogP contribution < -0.4 is 4.72 Å². The molecule has 0 spiro atoms. The van der Waals surface area contributed by atoms with Gasteiger partial charge in [0, 0.05) is 22.2 Å². The van der Waals surface area contributed by atoms with E-state index in [1.807, 2.05) is 30.3 Å². The van der Waals surface area contributed by atoms with Gasteiger partial charge in [0.05, 0.1) is 10.5 Å². The van der Waals surface area contributed by atoms with Gasteiger partial charge in [0.15, 0.2) is 0 Å². The Labute approximate surface area is 179 Å². The number of esters is 1. The molecule has 0 fully saturated rings. The molecule has 0 radical (unpaired) electrons. The molecule has 0 heterocycles. The van der Waals surface area contributed by atoms with Crippen molar-refractivity contribution in [2.24, 2.45) is 0 Å². The SMILES string of the molecule is O=C(OCc1c(Cl)cccc1Cl)c1cccc(S(=O)(=O)NCc2ccccc2)c1. The van der Waals surface area contributed by atoms with Crippen molar-refractivity contribution in [2.75, 3.05) is 0 Å². The van der Waals surface area contributed by atoms with E-state index in [2.05, 4.69) is 4.72 Å². The van der Waals surface area contributed by atoms with Crippen molar-refractivity contribution < 1.29 is 17.9 Å². The van der Waals surface area contributed by atoms with Crippen LogP contribution in [0.4, 0.5) is 0 Å². The highest BCUT2D eigenvalue weighted by molar-refractivity contribution is 7.89. The molecule has 3 rings (SSSR count). The zero-order valence-electron chi connectivity index (χ0n) is 15.1. The lowest BCUT2D eigenvalue weighted by molar-refractivity contribution is 0.0472. The molecule has 5 nitrogen and oxygen atoms in total. The number of ether oxygens (including phenoxy) is 1. The van der Waals surface area contributed by atoms with Crippen molar-refractivity contribution in [2.45, 2.75) is 18.0 Å². The van der Waals surface area contributed by atoms with Crippen molar-refractivity contribution >= 4 is 39.2 Å². The van der Waals surface area contributed by atoms with Gasteiger partial charge in [-0.15, -0.1) is 0 Å². The van der Waals surface area contributed by atoms with Crippen LogP contribution in [0.5, 0.6) is 0 Å². The molecule has 1 N–H and O–H groups in total. The standard InChI is InChI=1S/C21H17Cl2NO4S/c22-19-10-5-11-20(23)18(19)14-28-21(25)16-8-4-9-17(12-16)29(26,27)24-13-15-6-2-1-3-7-15/h1-12,24H,13-14H2. The zero-order valence-corrected chi connectivity index (χ0v) is 17.5. The predicted molar refractivity (Wildman–Crippen MR) is 112 cm³/mol. The molecule has 0 aliphatic heterocycles. The van der Waals surface area contributed by atoms with E-state index < -0.39 is 16.0 Å². The molecule has 0 aliphatic rings. The number of hydrogen-bond donors (Lipinski definition) is 1. The maximum absolute atomic E-state index is 12.6. The fourth-order valence-electron chi connectivity index (χ4n) is 2.54. The van der Waals surface area contributed by atoms with E-state index in [1.165, 1.54) is 24.3 Å². The van der Waals surface area contributed by atoms with Gasteiger partial charge in [0.25, 0.3) is 0 Å². The molecule has 0 amide bonds. The average Bonchev–Trinajstić information content (AvgIpc) is 2.73. The van der Waals surface area contributed by atoms with Crippen LogP contribution in [0.15, 0.2) is 77.7 Å². The summed E-state index contributed by atoms with van der Waals surface area (Å²) < 4.78 is 32.9. The molecule has 3 aromatic carbocycles. The molecule has 0 aromatic heterocycles.